The van der Waals surface area contributed by atoms with Crippen LogP contribution in [0.15, 0.2) is 42.5 Å². The Bertz CT molecular complexity index is 681. The lowest BCUT2D eigenvalue weighted by atomic mass is 10.1. The maximum atomic E-state index is 12.2. The molecule has 0 aliphatic rings. The second-order valence-electron chi connectivity index (χ2n) is 6.09. The Morgan fingerprint density at radius 3 is 2.52 bits per heavy atom. The van der Waals surface area contributed by atoms with Crippen LogP contribution in [0.25, 0.3) is 0 Å². The molecule has 0 radical (unpaired) electrons. The van der Waals surface area contributed by atoms with Gasteiger partial charge in [0.2, 0.25) is 5.91 Å². The van der Waals surface area contributed by atoms with Gasteiger partial charge in [0.25, 0.3) is 0 Å². The average Bonchev–Trinajstić information content (AvgIpc) is 2.63. The van der Waals surface area contributed by atoms with Gasteiger partial charge in [-0.1, -0.05) is 38.5 Å². The fourth-order valence-electron chi connectivity index (χ4n) is 2.57. The van der Waals surface area contributed by atoms with Gasteiger partial charge in [-0.3, -0.25) is 4.79 Å². The van der Waals surface area contributed by atoms with Gasteiger partial charge in [-0.25, -0.2) is 0 Å². The molecule has 4 heteroatoms. The summed E-state index contributed by atoms with van der Waals surface area (Å²) in [4.78, 5) is 12.2. The van der Waals surface area contributed by atoms with Gasteiger partial charge >= 0.3 is 0 Å². The minimum absolute atomic E-state index is 0.0488. The number of hydrogen-bond acceptors (Lipinski definition) is 3. The van der Waals surface area contributed by atoms with Crippen molar-refractivity contribution in [2.75, 3.05) is 23.8 Å². The standard InChI is InChI=1S/C21H28N2O2/c1-4-6-14-25-19-12-10-18(11-13-19)22-15-20(24)23-21-16(3)8-7-9-17(21)5-2/h7-13,22H,4-6,14-15H2,1-3H3,(H,23,24). The number of nitrogens with one attached hydrogen (secondary N) is 2. The van der Waals surface area contributed by atoms with Crippen molar-refractivity contribution in [2.24, 2.45) is 0 Å². The van der Waals surface area contributed by atoms with Gasteiger partial charge < -0.3 is 15.4 Å². The van der Waals surface area contributed by atoms with E-state index in [0.717, 1.165) is 54.1 Å². The van der Waals surface area contributed by atoms with Crippen LogP contribution >= 0.6 is 0 Å². The molecule has 2 rings (SSSR count). The Morgan fingerprint density at radius 2 is 1.84 bits per heavy atom. The zero-order valence-electron chi connectivity index (χ0n) is 15.4. The zero-order valence-corrected chi connectivity index (χ0v) is 15.4. The second kappa shape index (κ2) is 9.72. The molecule has 2 aromatic rings. The SMILES string of the molecule is CCCCOc1ccc(NCC(=O)Nc2c(C)cccc2CC)cc1. The Labute approximate surface area is 150 Å². The molecule has 0 aromatic heterocycles. The van der Waals surface area contributed by atoms with Gasteiger partial charge in [0.05, 0.1) is 13.2 Å². The van der Waals surface area contributed by atoms with E-state index in [1.807, 2.05) is 49.4 Å². The third-order valence-electron chi connectivity index (χ3n) is 4.08. The molecule has 2 aromatic carbocycles. The smallest absolute Gasteiger partial charge is 0.243 e. The first-order chi connectivity index (χ1) is 12.1. The third-order valence-corrected chi connectivity index (χ3v) is 4.08. The van der Waals surface area contributed by atoms with E-state index in [4.69, 9.17) is 4.74 Å². The Morgan fingerprint density at radius 1 is 1.08 bits per heavy atom. The highest BCUT2D eigenvalue weighted by Gasteiger charge is 2.08. The number of ether oxygens (including phenoxy) is 1. The molecule has 25 heavy (non-hydrogen) atoms. The molecule has 0 heterocycles. The molecule has 0 bridgehead atoms. The number of carbonyl (C=O) groups is 1. The van der Waals surface area contributed by atoms with E-state index < -0.39 is 0 Å². The first kappa shape index (κ1) is 18.8. The van der Waals surface area contributed by atoms with Gasteiger partial charge in [-0.2, -0.15) is 0 Å². The summed E-state index contributed by atoms with van der Waals surface area (Å²) in [6.45, 7) is 7.21. The number of amides is 1. The number of aryl methyl sites for hydroxylation is 2. The van der Waals surface area contributed by atoms with Crippen LogP contribution in [0.3, 0.4) is 0 Å². The van der Waals surface area contributed by atoms with Crippen molar-refractivity contribution in [3.63, 3.8) is 0 Å². The number of rotatable bonds is 9. The highest BCUT2D eigenvalue weighted by molar-refractivity contribution is 5.95. The van der Waals surface area contributed by atoms with Crippen molar-refractivity contribution in [1.82, 2.24) is 0 Å². The predicted molar refractivity (Wildman–Crippen MR) is 105 cm³/mol. The quantitative estimate of drug-likeness (QED) is 0.646. The minimum Gasteiger partial charge on any atom is -0.494 e. The van der Waals surface area contributed by atoms with E-state index in [1.165, 1.54) is 0 Å². The predicted octanol–water partition coefficient (Wildman–Crippen LogP) is 4.79. The molecule has 134 valence electrons. The molecule has 0 unspecified atom stereocenters. The van der Waals surface area contributed by atoms with Crippen molar-refractivity contribution in [1.29, 1.82) is 0 Å². The maximum absolute atomic E-state index is 12.2. The summed E-state index contributed by atoms with van der Waals surface area (Å²) < 4.78 is 5.64. The largest absolute Gasteiger partial charge is 0.494 e. The maximum Gasteiger partial charge on any atom is 0.243 e. The molecule has 0 atom stereocenters. The minimum atomic E-state index is -0.0488. The fraction of sp³-hybridized carbons (Fsp3) is 0.381. The average molecular weight is 340 g/mol. The molecule has 0 saturated heterocycles. The second-order valence-corrected chi connectivity index (χ2v) is 6.09. The molecule has 0 spiro atoms. The summed E-state index contributed by atoms with van der Waals surface area (Å²) in [6.07, 6.45) is 3.07. The summed E-state index contributed by atoms with van der Waals surface area (Å²) >= 11 is 0. The normalized spacial score (nSPS) is 10.4. The fourth-order valence-corrected chi connectivity index (χ4v) is 2.57. The lowest BCUT2D eigenvalue weighted by Crippen LogP contribution is -2.22. The molecular formula is C21H28N2O2. The van der Waals surface area contributed by atoms with Crippen LogP contribution in [0.1, 0.15) is 37.8 Å². The van der Waals surface area contributed by atoms with Crippen LogP contribution in [0, 0.1) is 6.92 Å². The van der Waals surface area contributed by atoms with Crippen LogP contribution in [-0.4, -0.2) is 19.1 Å². The molecule has 0 saturated carbocycles. The molecule has 1 amide bonds. The Kier molecular flexibility index (Phi) is 7.33. The van der Waals surface area contributed by atoms with Crippen LogP contribution in [0.4, 0.5) is 11.4 Å². The summed E-state index contributed by atoms with van der Waals surface area (Å²) in [5.74, 6) is 0.809. The first-order valence-electron chi connectivity index (χ1n) is 8.99. The monoisotopic (exact) mass is 340 g/mol. The zero-order chi connectivity index (χ0) is 18.1. The lowest BCUT2D eigenvalue weighted by Gasteiger charge is -2.14. The van der Waals surface area contributed by atoms with E-state index in [9.17, 15) is 4.79 Å². The van der Waals surface area contributed by atoms with E-state index in [2.05, 4.69) is 24.5 Å². The number of hydrogen-bond donors (Lipinski definition) is 2. The van der Waals surface area contributed by atoms with Crippen molar-refractivity contribution in [3.8, 4) is 5.75 Å². The Hall–Kier alpha value is -2.49. The number of para-hydroxylation sites is 1. The molecular weight excluding hydrogens is 312 g/mol. The number of unbranched alkanes of at least 4 members (excludes halogenated alkanes) is 1. The molecule has 4 nitrogen and oxygen atoms in total. The summed E-state index contributed by atoms with van der Waals surface area (Å²) in [7, 11) is 0. The number of anilines is 2. The van der Waals surface area contributed by atoms with Crippen LogP contribution in [0.2, 0.25) is 0 Å². The van der Waals surface area contributed by atoms with Crippen LogP contribution < -0.4 is 15.4 Å². The molecule has 2 N–H and O–H groups in total. The summed E-state index contributed by atoms with van der Waals surface area (Å²) in [5, 5.41) is 6.17. The number of benzene rings is 2. The highest BCUT2D eigenvalue weighted by Crippen LogP contribution is 2.21. The third kappa shape index (κ3) is 5.82. The van der Waals surface area contributed by atoms with Gasteiger partial charge in [-0.05, 0) is 55.2 Å². The molecule has 0 fully saturated rings. The van der Waals surface area contributed by atoms with Crippen LogP contribution in [0.5, 0.6) is 5.75 Å². The lowest BCUT2D eigenvalue weighted by molar-refractivity contribution is -0.114. The van der Waals surface area contributed by atoms with Gasteiger partial charge in [0.15, 0.2) is 0 Å². The first-order valence-corrected chi connectivity index (χ1v) is 8.99. The molecule has 0 aliphatic heterocycles. The van der Waals surface area contributed by atoms with Gasteiger partial charge in [-0.15, -0.1) is 0 Å². The van der Waals surface area contributed by atoms with E-state index in [0.29, 0.717) is 0 Å². The van der Waals surface area contributed by atoms with Crippen molar-refractivity contribution in [2.45, 2.75) is 40.0 Å². The molecule has 0 aliphatic carbocycles. The van der Waals surface area contributed by atoms with E-state index in [-0.39, 0.29) is 12.5 Å². The van der Waals surface area contributed by atoms with Crippen molar-refractivity contribution >= 4 is 17.3 Å². The topological polar surface area (TPSA) is 50.4 Å². The van der Waals surface area contributed by atoms with Gasteiger partial charge in [0, 0.05) is 11.4 Å². The number of carbonyl (C=O) groups excluding carboxylic acids is 1. The highest BCUT2D eigenvalue weighted by atomic mass is 16.5. The van der Waals surface area contributed by atoms with Crippen LogP contribution in [-0.2, 0) is 11.2 Å². The van der Waals surface area contributed by atoms with Crippen molar-refractivity contribution in [3.05, 3.63) is 53.6 Å². The van der Waals surface area contributed by atoms with Gasteiger partial charge in [0.1, 0.15) is 5.75 Å². The Balaban J connectivity index is 1.86. The van der Waals surface area contributed by atoms with Crippen molar-refractivity contribution < 1.29 is 9.53 Å². The summed E-state index contributed by atoms with van der Waals surface area (Å²) in [5.41, 5.74) is 4.07. The van der Waals surface area contributed by atoms with E-state index >= 15 is 0 Å². The summed E-state index contributed by atoms with van der Waals surface area (Å²) in [6, 6.07) is 13.8. The van der Waals surface area contributed by atoms with E-state index in [1.54, 1.807) is 0 Å².